The lowest BCUT2D eigenvalue weighted by Crippen LogP contribution is -2.32. The zero-order valence-corrected chi connectivity index (χ0v) is 12.6. The van der Waals surface area contributed by atoms with Crippen LogP contribution in [-0.2, 0) is 0 Å². The summed E-state index contributed by atoms with van der Waals surface area (Å²) in [5.41, 5.74) is -0.777. The number of hydrogen-bond acceptors (Lipinski definition) is 4. The number of nitrogens with one attached hydrogen (secondary N) is 2. The van der Waals surface area contributed by atoms with Gasteiger partial charge in [0, 0.05) is 13.1 Å². The predicted molar refractivity (Wildman–Crippen MR) is 79.0 cm³/mol. The Hall–Kier alpha value is -2.18. The van der Waals surface area contributed by atoms with Crippen LogP contribution >= 0.6 is 0 Å². The number of anilines is 1. The molecule has 0 bridgehead atoms. The first-order valence-electron chi connectivity index (χ1n) is 6.65. The monoisotopic (exact) mass is 297 g/mol. The molecular weight excluding hydrogens is 277 g/mol. The summed E-state index contributed by atoms with van der Waals surface area (Å²) in [6.45, 7) is 8.35. The summed E-state index contributed by atoms with van der Waals surface area (Å²) in [4.78, 5) is 22.3. The number of nitro groups is 1. The van der Waals surface area contributed by atoms with Gasteiger partial charge in [-0.05, 0) is 18.4 Å². The first-order valence-corrected chi connectivity index (χ1v) is 6.65. The van der Waals surface area contributed by atoms with Crippen LogP contribution in [0.3, 0.4) is 0 Å². The van der Waals surface area contributed by atoms with Crippen LogP contribution in [0.1, 0.15) is 38.1 Å². The molecule has 0 radical (unpaired) electrons. The van der Waals surface area contributed by atoms with Crippen LogP contribution in [0.5, 0.6) is 0 Å². The van der Waals surface area contributed by atoms with E-state index in [-0.39, 0.29) is 16.7 Å². The smallest absolute Gasteiger partial charge is 0.285 e. The van der Waals surface area contributed by atoms with E-state index in [4.69, 9.17) is 0 Å². The largest absolute Gasteiger partial charge is 0.383 e. The van der Waals surface area contributed by atoms with Crippen molar-refractivity contribution in [2.24, 2.45) is 5.41 Å². The Kier molecular flexibility index (Phi) is 5.23. The van der Waals surface area contributed by atoms with Crippen LogP contribution < -0.4 is 10.6 Å². The van der Waals surface area contributed by atoms with Crippen molar-refractivity contribution in [1.82, 2.24) is 5.32 Å². The molecule has 0 aliphatic rings. The summed E-state index contributed by atoms with van der Waals surface area (Å²) < 4.78 is 13.7. The van der Waals surface area contributed by atoms with Gasteiger partial charge in [0.05, 0.1) is 16.7 Å². The van der Waals surface area contributed by atoms with Crippen molar-refractivity contribution in [1.29, 1.82) is 0 Å². The van der Waals surface area contributed by atoms with E-state index >= 15 is 0 Å². The predicted octanol–water partition coefficient (Wildman–Crippen LogP) is 2.94. The lowest BCUT2D eigenvalue weighted by Gasteiger charge is -2.19. The topological polar surface area (TPSA) is 84.3 Å². The second-order valence-corrected chi connectivity index (χ2v) is 5.88. The number of carbonyl (C=O) groups excluding carboxylic acids is 1. The number of amides is 1. The molecule has 1 aromatic rings. The maximum Gasteiger partial charge on any atom is 0.285 e. The van der Waals surface area contributed by atoms with Gasteiger partial charge in [-0.3, -0.25) is 14.9 Å². The molecule has 0 unspecified atom stereocenters. The number of nitro benzene ring substituents is 1. The van der Waals surface area contributed by atoms with Gasteiger partial charge in [-0.1, -0.05) is 20.8 Å². The van der Waals surface area contributed by atoms with Gasteiger partial charge in [0.2, 0.25) is 0 Å². The summed E-state index contributed by atoms with van der Waals surface area (Å²) in [5, 5.41) is 16.3. The van der Waals surface area contributed by atoms with Gasteiger partial charge in [-0.2, -0.15) is 0 Å². The first kappa shape index (κ1) is 16.9. The first-order chi connectivity index (χ1) is 9.65. The maximum absolute atomic E-state index is 13.7. The Bertz CT molecular complexity index is 553. The van der Waals surface area contributed by atoms with Gasteiger partial charge < -0.3 is 10.6 Å². The standard InChI is InChI=1S/C14H20FN3O3/c1-5-16-11-6-9(12(18(20)21)7-10(11)15)13(19)17-8-14(2,3)4/h6-7,16H,5,8H2,1-4H3,(H,17,19). The van der Waals surface area contributed by atoms with E-state index < -0.39 is 22.3 Å². The molecule has 6 nitrogen and oxygen atoms in total. The van der Waals surface area contributed by atoms with Crippen molar-refractivity contribution >= 4 is 17.3 Å². The number of benzene rings is 1. The molecular formula is C14H20FN3O3. The second-order valence-electron chi connectivity index (χ2n) is 5.88. The molecule has 0 saturated heterocycles. The second kappa shape index (κ2) is 6.51. The molecule has 116 valence electrons. The molecule has 7 heteroatoms. The van der Waals surface area contributed by atoms with Crippen molar-refractivity contribution in [3.63, 3.8) is 0 Å². The number of rotatable bonds is 5. The van der Waals surface area contributed by atoms with Crippen molar-refractivity contribution < 1.29 is 14.1 Å². The molecule has 0 heterocycles. The van der Waals surface area contributed by atoms with Gasteiger partial charge in [-0.25, -0.2) is 4.39 Å². The maximum atomic E-state index is 13.7. The van der Waals surface area contributed by atoms with Crippen molar-refractivity contribution in [3.05, 3.63) is 33.6 Å². The minimum Gasteiger partial charge on any atom is -0.383 e. The average molecular weight is 297 g/mol. The summed E-state index contributed by atoms with van der Waals surface area (Å²) in [7, 11) is 0. The fraction of sp³-hybridized carbons (Fsp3) is 0.500. The third kappa shape index (κ3) is 4.70. The number of nitrogens with zero attached hydrogens (tertiary/aromatic N) is 1. The minimum absolute atomic E-state index is 0.0732. The zero-order chi connectivity index (χ0) is 16.2. The Morgan fingerprint density at radius 2 is 2.00 bits per heavy atom. The normalized spacial score (nSPS) is 11.1. The molecule has 0 aromatic heterocycles. The molecule has 0 atom stereocenters. The van der Waals surface area contributed by atoms with Crippen LogP contribution in [-0.4, -0.2) is 23.9 Å². The molecule has 21 heavy (non-hydrogen) atoms. The fourth-order valence-electron chi connectivity index (χ4n) is 1.66. The Morgan fingerprint density at radius 1 is 1.38 bits per heavy atom. The quantitative estimate of drug-likeness (QED) is 0.646. The highest BCUT2D eigenvalue weighted by Gasteiger charge is 2.24. The van der Waals surface area contributed by atoms with E-state index in [2.05, 4.69) is 10.6 Å². The number of hydrogen-bond donors (Lipinski definition) is 2. The number of carbonyl (C=O) groups is 1. The molecule has 2 N–H and O–H groups in total. The highest BCUT2D eigenvalue weighted by atomic mass is 19.1. The molecule has 1 rings (SSSR count). The van der Waals surface area contributed by atoms with Gasteiger partial charge >= 0.3 is 0 Å². The average Bonchev–Trinajstić information content (AvgIpc) is 2.37. The third-order valence-electron chi connectivity index (χ3n) is 2.67. The third-order valence-corrected chi connectivity index (χ3v) is 2.67. The van der Waals surface area contributed by atoms with E-state index in [1.165, 1.54) is 6.07 Å². The molecule has 0 spiro atoms. The summed E-state index contributed by atoms with van der Waals surface area (Å²) >= 11 is 0. The fourth-order valence-corrected chi connectivity index (χ4v) is 1.66. The minimum atomic E-state index is -0.759. The zero-order valence-electron chi connectivity index (χ0n) is 12.6. The summed E-state index contributed by atoms with van der Waals surface area (Å²) in [6, 6.07) is 1.94. The Balaban J connectivity index is 3.15. The van der Waals surface area contributed by atoms with E-state index in [1.54, 1.807) is 6.92 Å². The van der Waals surface area contributed by atoms with Crippen molar-refractivity contribution in [2.75, 3.05) is 18.4 Å². The van der Waals surface area contributed by atoms with Crippen molar-refractivity contribution in [2.45, 2.75) is 27.7 Å². The van der Waals surface area contributed by atoms with Crippen LogP contribution in [0.25, 0.3) is 0 Å². The lowest BCUT2D eigenvalue weighted by molar-refractivity contribution is -0.385. The molecule has 0 aliphatic carbocycles. The summed E-state index contributed by atoms with van der Waals surface area (Å²) in [6.07, 6.45) is 0. The highest BCUT2D eigenvalue weighted by Crippen LogP contribution is 2.26. The molecule has 0 aliphatic heterocycles. The molecule has 1 amide bonds. The van der Waals surface area contributed by atoms with Crippen LogP contribution in [0.4, 0.5) is 15.8 Å². The van der Waals surface area contributed by atoms with Crippen LogP contribution in [0, 0.1) is 21.3 Å². The molecule has 0 fully saturated rings. The van der Waals surface area contributed by atoms with Crippen LogP contribution in [0.2, 0.25) is 0 Å². The Labute approximate surface area is 122 Å². The van der Waals surface area contributed by atoms with Gasteiger partial charge in [-0.15, -0.1) is 0 Å². The van der Waals surface area contributed by atoms with Gasteiger partial charge in [0.15, 0.2) is 5.82 Å². The van der Waals surface area contributed by atoms with E-state index in [1.807, 2.05) is 20.8 Å². The Morgan fingerprint density at radius 3 is 2.48 bits per heavy atom. The molecule has 1 aromatic carbocycles. The number of halogens is 1. The summed E-state index contributed by atoms with van der Waals surface area (Å²) in [5.74, 6) is -1.34. The van der Waals surface area contributed by atoms with E-state index in [9.17, 15) is 19.3 Å². The highest BCUT2D eigenvalue weighted by molar-refractivity contribution is 5.99. The molecule has 0 saturated carbocycles. The van der Waals surface area contributed by atoms with Gasteiger partial charge in [0.1, 0.15) is 5.56 Å². The van der Waals surface area contributed by atoms with Gasteiger partial charge in [0.25, 0.3) is 11.6 Å². The SMILES string of the molecule is CCNc1cc(C(=O)NCC(C)(C)C)c([N+](=O)[O-])cc1F. The van der Waals surface area contributed by atoms with Crippen molar-refractivity contribution in [3.8, 4) is 0 Å². The van der Waals surface area contributed by atoms with E-state index in [0.717, 1.165) is 6.07 Å². The van der Waals surface area contributed by atoms with Crippen LogP contribution in [0.15, 0.2) is 12.1 Å². The lowest BCUT2D eigenvalue weighted by atomic mass is 9.97. The van der Waals surface area contributed by atoms with E-state index in [0.29, 0.717) is 13.1 Å².